The Labute approximate surface area is 73.1 Å². The Kier molecular flexibility index (Phi) is 2.01. The van der Waals surface area contributed by atoms with Gasteiger partial charge >= 0.3 is 0 Å². The van der Waals surface area contributed by atoms with E-state index in [4.69, 9.17) is 4.74 Å². The molecule has 5 nitrogen and oxygen atoms in total. The standard InChI is InChI=1S/C6H7N3O2S/c10-6(5-1-7-12-9-5)8-4-2-11-3-4/h1,4H,2-3H2,(H,8,10). The molecule has 1 aromatic rings. The van der Waals surface area contributed by atoms with Crippen molar-refractivity contribution in [1.82, 2.24) is 14.1 Å². The van der Waals surface area contributed by atoms with Gasteiger partial charge in [0, 0.05) is 0 Å². The minimum absolute atomic E-state index is 0.152. The highest BCUT2D eigenvalue weighted by molar-refractivity contribution is 6.99. The van der Waals surface area contributed by atoms with Gasteiger partial charge in [-0.3, -0.25) is 4.79 Å². The molecule has 0 saturated carbocycles. The van der Waals surface area contributed by atoms with Gasteiger partial charge in [0.2, 0.25) is 0 Å². The van der Waals surface area contributed by atoms with Crippen LogP contribution in [0.15, 0.2) is 6.20 Å². The minimum Gasteiger partial charge on any atom is -0.377 e. The van der Waals surface area contributed by atoms with Gasteiger partial charge in [-0.1, -0.05) is 0 Å². The summed E-state index contributed by atoms with van der Waals surface area (Å²) in [5, 5.41) is 2.76. The summed E-state index contributed by atoms with van der Waals surface area (Å²) in [5.41, 5.74) is 0.381. The van der Waals surface area contributed by atoms with E-state index in [1.807, 2.05) is 0 Å². The van der Waals surface area contributed by atoms with Crippen molar-refractivity contribution in [2.24, 2.45) is 0 Å². The average molecular weight is 185 g/mol. The van der Waals surface area contributed by atoms with Crippen molar-refractivity contribution >= 4 is 17.6 Å². The molecule has 0 aliphatic carbocycles. The van der Waals surface area contributed by atoms with Crippen LogP contribution in [-0.2, 0) is 4.74 Å². The van der Waals surface area contributed by atoms with Crippen LogP contribution in [0, 0.1) is 0 Å². The lowest BCUT2D eigenvalue weighted by Crippen LogP contribution is -2.48. The molecule has 1 aliphatic rings. The van der Waals surface area contributed by atoms with Crippen LogP contribution >= 0.6 is 11.7 Å². The lowest BCUT2D eigenvalue weighted by atomic mass is 10.2. The lowest BCUT2D eigenvalue weighted by molar-refractivity contribution is -0.00353. The van der Waals surface area contributed by atoms with Gasteiger partial charge in [0.15, 0.2) is 5.69 Å². The molecule has 0 bridgehead atoms. The summed E-state index contributed by atoms with van der Waals surface area (Å²) in [6.45, 7) is 1.20. The molecular weight excluding hydrogens is 178 g/mol. The van der Waals surface area contributed by atoms with E-state index >= 15 is 0 Å². The second-order valence-corrected chi connectivity index (χ2v) is 3.06. The summed E-state index contributed by atoms with van der Waals surface area (Å²) in [6, 6.07) is 0.152. The molecule has 2 rings (SSSR count). The van der Waals surface area contributed by atoms with Crippen LogP contribution in [0.4, 0.5) is 0 Å². The van der Waals surface area contributed by atoms with Crippen molar-refractivity contribution in [3.63, 3.8) is 0 Å². The van der Waals surface area contributed by atoms with E-state index in [9.17, 15) is 4.79 Å². The Hall–Kier alpha value is -1.01. The first-order chi connectivity index (χ1) is 5.86. The Balaban J connectivity index is 1.92. The van der Waals surface area contributed by atoms with Gasteiger partial charge in [0.1, 0.15) is 0 Å². The van der Waals surface area contributed by atoms with Crippen molar-refractivity contribution < 1.29 is 9.53 Å². The first-order valence-corrected chi connectivity index (χ1v) is 4.25. The highest BCUT2D eigenvalue weighted by Crippen LogP contribution is 2.02. The van der Waals surface area contributed by atoms with E-state index in [-0.39, 0.29) is 11.9 Å². The van der Waals surface area contributed by atoms with E-state index in [1.54, 1.807) is 0 Å². The number of carbonyl (C=O) groups excluding carboxylic acids is 1. The predicted molar refractivity (Wildman–Crippen MR) is 42.0 cm³/mol. The first-order valence-electron chi connectivity index (χ1n) is 3.52. The molecule has 0 unspecified atom stereocenters. The Morgan fingerprint density at radius 3 is 3.08 bits per heavy atom. The zero-order valence-electron chi connectivity index (χ0n) is 6.19. The molecule has 0 radical (unpaired) electrons. The van der Waals surface area contributed by atoms with E-state index < -0.39 is 0 Å². The fourth-order valence-corrected chi connectivity index (χ4v) is 1.26. The topological polar surface area (TPSA) is 64.1 Å². The van der Waals surface area contributed by atoms with Crippen molar-refractivity contribution in [3.05, 3.63) is 11.9 Å². The molecule has 1 N–H and O–H groups in total. The third-order valence-corrected chi connectivity index (χ3v) is 2.05. The summed E-state index contributed by atoms with van der Waals surface area (Å²) < 4.78 is 12.4. The van der Waals surface area contributed by atoms with Crippen LogP contribution in [-0.4, -0.2) is 33.9 Å². The zero-order chi connectivity index (χ0) is 8.39. The number of amides is 1. The molecule has 1 aromatic heterocycles. The smallest absolute Gasteiger partial charge is 0.273 e. The van der Waals surface area contributed by atoms with Gasteiger partial charge in [0.05, 0.1) is 37.2 Å². The van der Waals surface area contributed by atoms with E-state index in [2.05, 4.69) is 14.1 Å². The highest BCUT2D eigenvalue weighted by Gasteiger charge is 2.21. The molecule has 1 saturated heterocycles. The Morgan fingerprint density at radius 1 is 1.75 bits per heavy atom. The first kappa shape index (κ1) is 7.63. The molecule has 0 atom stereocenters. The monoisotopic (exact) mass is 185 g/mol. The van der Waals surface area contributed by atoms with Crippen LogP contribution in [0.3, 0.4) is 0 Å². The van der Waals surface area contributed by atoms with Gasteiger partial charge < -0.3 is 10.1 Å². The lowest BCUT2D eigenvalue weighted by Gasteiger charge is -2.26. The van der Waals surface area contributed by atoms with Gasteiger partial charge in [-0.15, -0.1) is 0 Å². The third-order valence-electron chi connectivity index (χ3n) is 1.57. The largest absolute Gasteiger partial charge is 0.377 e. The fourth-order valence-electron chi connectivity index (χ4n) is 0.843. The summed E-state index contributed by atoms with van der Waals surface area (Å²) in [5.74, 6) is -0.169. The number of nitrogens with one attached hydrogen (secondary N) is 1. The third kappa shape index (κ3) is 1.44. The normalized spacial score (nSPS) is 17.0. The average Bonchev–Trinajstić information content (AvgIpc) is 2.47. The maximum atomic E-state index is 11.2. The SMILES string of the molecule is O=C(NC1COC1)c1cnsn1. The van der Waals surface area contributed by atoms with Crippen molar-refractivity contribution in [3.8, 4) is 0 Å². The maximum absolute atomic E-state index is 11.2. The molecule has 12 heavy (non-hydrogen) atoms. The summed E-state index contributed by atoms with van der Waals surface area (Å²) in [7, 11) is 0. The molecule has 1 fully saturated rings. The molecule has 0 spiro atoms. The van der Waals surface area contributed by atoms with E-state index in [0.717, 1.165) is 11.7 Å². The summed E-state index contributed by atoms with van der Waals surface area (Å²) in [6.07, 6.45) is 1.46. The van der Waals surface area contributed by atoms with Crippen molar-refractivity contribution in [1.29, 1.82) is 0 Å². The number of hydrogen-bond donors (Lipinski definition) is 1. The number of ether oxygens (including phenoxy) is 1. The number of carbonyl (C=O) groups is 1. The van der Waals surface area contributed by atoms with Gasteiger partial charge in [0.25, 0.3) is 5.91 Å². The molecule has 64 valence electrons. The van der Waals surface area contributed by atoms with Gasteiger partial charge in [-0.05, 0) is 0 Å². The predicted octanol–water partition coefficient (Wildman–Crippen LogP) is -0.333. The molecule has 2 heterocycles. The van der Waals surface area contributed by atoms with E-state index in [1.165, 1.54) is 6.20 Å². The van der Waals surface area contributed by atoms with Crippen LogP contribution in [0.25, 0.3) is 0 Å². The van der Waals surface area contributed by atoms with Gasteiger partial charge in [-0.25, -0.2) is 0 Å². The molecule has 1 aliphatic heterocycles. The second-order valence-electron chi connectivity index (χ2n) is 2.50. The Morgan fingerprint density at radius 2 is 2.58 bits per heavy atom. The number of rotatable bonds is 2. The van der Waals surface area contributed by atoms with Crippen LogP contribution < -0.4 is 5.32 Å². The van der Waals surface area contributed by atoms with Crippen molar-refractivity contribution in [2.75, 3.05) is 13.2 Å². The zero-order valence-corrected chi connectivity index (χ0v) is 7.00. The van der Waals surface area contributed by atoms with Crippen LogP contribution in [0.2, 0.25) is 0 Å². The minimum atomic E-state index is -0.169. The molecular formula is C6H7N3O2S. The Bertz CT molecular complexity index is 270. The quantitative estimate of drug-likeness (QED) is 0.685. The summed E-state index contributed by atoms with van der Waals surface area (Å²) >= 11 is 1.03. The second kappa shape index (κ2) is 3.16. The van der Waals surface area contributed by atoms with Crippen LogP contribution in [0.5, 0.6) is 0 Å². The van der Waals surface area contributed by atoms with Crippen LogP contribution in [0.1, 0.15) is 10.5 Å². The molecule has 1 amide bonds. The summed E-state index contributed by atoms with van der Waals surface area (Å²) in [4.78, 5) is 11.2. The maximum Gasteiger partial charge on any atom is 0.273 e. The molecule has 6 heteroatoms. The van der Waals surface area contributed by atoms with E-state index in [0.29, 0.717) is 18.9 Å². The number of nitrogens with zero attached hydrogens (tertiary/aromatic N) is 2. The number of aromatic nitrogens is 2. The number of hydrogen-bond acceptors (Lipinski definition) is 5. The van der Waals surface area contributed by atoms with Crippen molar-refractivity contribution in [2.45, 2.75) is 6.04 Å². The fraction of sp³-hybridized carbons (Fsp3) is 0.500. The molecule has 0 aromatic carbocycles. The van der Waals surface area contributed by atoms with Gasteiger partial charge in [-0.2, -0.15) is 8.75 Å². The highest BCUT2D eigenvalue weighted by atomic mass is 32.1.